The van der Waals surface area contributed by atoms with Crippen LogP contribution in [0.25, 0.3) is 5.76 Å². The molecule has 0 spiro atoms. The molecule has 0 aliphatic carbocycles. The van der Waals surface area contributed by atoms with Crippen LogP contribution in [0, 0.1) is 6.92 Å². The van der Waals surface area contributed by atoms with Gasteiger partial charge in [-0.25, -0.2) is 0 Å². The molecular formula is C25H21Cl2NO7. The van der Waals surface area contributed by atoms with E-state index in [1.807, 2.05) is 0 Å². The summed E-state index contributed by atoms with van der Waals surface area (Å²) in [6.45, 7) is 1.73. The van der Waals surface area contributed by atoms with Crippen LogP contribution < -0.4 is 19.1 Å². The first-order chi connectivity index (χ1) is 16.7. The van der Waals surface area contributed by atoms with Crippen molar-refractivity contribution in [1.82, 2.24) is 0 Å². The third kappa shape index (κ3) is 4.09. The number of carbonyl (C=O) groups excluding carboxylic acids is 2. The molecule has 1 saturated heterocycles. The molecule has 1 fully saturated rings. The van der Waals surface area contributed by atoms with Crippen molar-refractivity contribution in [3.05, 3.63) is 75.2 Å². The van der Waals surface area contributed by atoms with Gasteiger partial charge in [0.1, 0.15) is 34.1 Å². The third-order valence-corrected chi connectivity index (χ3v) is 6.24. The molecule has 10 heteroatoms. The highest BCUT2D eigenvalue weighted by Crippen LogP contribution is 2.48. The van der Waals surface area contributed by atoms with E-state index in [0.29, 0.717) is 17.2 Å². The average molecular weight is 518 g/mol. The van der Waals surface area contributed by atoms with Crippen molar-refractivity contribution < 1.29 is 33.3 Å². The first-order valence-electron chi connectivity index (χ1n) is 10.3. The molecular weight excluding hydrogens is 497 g/mol. The fraction of sp³-hybridized carbons (Fsp3) is 0.200. The number of ketones is 1. The fourth-order valence-electron chi connectivity index (χ4n) is 4.00. The fourth-order valence-corrected chi connectivity index (χ4v) is 4.69. The van der Waals surface area contributed by atoms with Crippen LogP contribution in [0.4, 0.5) is 5.69 Å². The Balaban J connectivity index is 1.98. The Morgan fingerprint density at radius 2 is 1.63 bits per heavy atom. The molecule has 0 radical (unpaired) electrons. The third-order valence-electron chi connectivity index (χ3n) is 5.62. The van der Waals surface area contributed by atoms with Crippen LogP contribution in [0.1, 0.15) is 23.1 Å². The van der Waals surface area contributed by atoms with Gasteiger partial charge in [-0.05, 0) is 49.4 Å². The van der Waals surface area contributed by atoms with Crippen LogP contribution >= 0.6 is 23.2 Å². The molecule has 35 heavy (non-hydrogen) atoms. The molecule has 1 N–H and O–H groups in total. The predicted molar refractivity (Wildman–Crippen MR) is 131 cm³/mol. The lowest BCUT2D eigenvalue weighted by Crippen LogP contribution is -2.29. The van der Waals surface area contributed by atoms with Crippen LogP contribution in [0.5, 0.6) is 17.2 Å². The second-order valence-electron chi connectivity index (χ2n) is 7.60. The summed E-state index contributed by atoms with van der Waals surface area (Å²) in [5.74, 6) is -0.709. The molecule has 1 unspecified atom stereocenters. The van der Waals surface area contributed by atoms with E-state index < -0.39 is 23.5 Å². The minimum atomic E-state index is -1.07. The maximum atomic E-state index is 13.3. The van der Waals surface area contributed by atoms with E-state index in [2.05, 4.69) is 0 Å². The lowest BCUT2D eigenvalue weighted by atomic mass is 9.98. The second kappa shape index (κ2) is 9.56. The van der Waals surface area contributed by atoms with Gasteiger partial charge in [0.05, 0.1) is 37.5 Å². The summed E-state index contributed by atoms with van der Waals surface area (Å²) in [5, 5.41) is 11.5. The Bertz CT molecular complexity index is 1340. The van der Waals surface area contributed by atoms with Gasteiger partial charge in [-0.3, -0.25) is 14.5 Å². The molecule has 3 aromatic rings. The minimum absolute atomic E-state index is 0.00109. The van der Waals surface area contributed by atoms with Gasteiger partial charge in [-0.2, -0.15) is 0 Å². The van der Waals surface area contributed by atoms with Gasteiger partial charge in [0, 0.05) is 5.69 Å². The number of halogens is 2. The summed E-state index contributed by atoms with van der Waals surface area (Å²) in [6.07, 6.45) is 0. The molecule has 8 nitrogen and oxygen atoms in total. The van der Waals surface area contributed by atoms with E-state index in [0.717, 1.165) is 0 Å². The number of furan rings is 1. The Morgan fingerprint density at radius 1 is 0.971 bits per heavy atom. The van der Waals surface area contributed by atoms with Crippen molar-refractivity contribution in [2.75, 3.05) is 26.2 Å². The highest BCUT2D eigenvalue weighted by atomic mass is 35.5. The van der Waals surface area contributed by atoms with Crippen LogP contribution in [-0.2, 0) is 9.59 Å². The van der Waals surface area contributed by atoms with Crippen molar-refractivity contribution in [1.29, 1.82) is 0 Å². The average Bonchev–Trinajstić information content (AvgIpc) is 3.39. The zero-order chi connectivity index (χ0) is 25.4. The van der Waals surface area contributed by atoms with Crippen molar-refractivity contribution in [3.8, 4) is 17.2 Å². The summed E-state index contributed by atoms with van der Waals surface area (Å²) < 4.78 is 21.6. The SMILES string of the molecule is COc1ccc(N2C(=O)C(=O)/C(=C(/O)c3cc(Cl)c(OC)c(Cl)c3OC)C2c2ccc(C)o2)cc1. The highest BCUT2D eigenvalue weighted by Gasteiger charge is 2.48. The van der Waals surface area contributed by atoms with Crippen molar-refractivity contribution >= 4 is 46.3 Å². The van der Waals surface area contributed by atoms with Crippen molar-refractivity contribution in [2.24, 2.45) is 0 Å². The number of hydrogen-bond acceptors (Lipinski definition) is 7. The number of aryl methyl sites for hydroxylation is 1. The molecule has 1 aliphatic rings. The predicted octanol–water partition coefficient (Wildman–Crippen LogP) is 5.55. The number of nitrogens with zero attached hydrogens (tertiary/aromatic N) is 1. The lowest BCUT2D eigenvalue weighted by Gasteiger charge is -2.24. The van der Waals surface area contributed by atoms with E-state index in [1.54, 1.807) is 43.3 Å². The summed E-state index contributed by atoms with van der Waals surface area (Å²) >= 11 is 12.7. The standard InChI is InChI=1S/C25H21Cl2NO7/c1-12-5-10-17(35-12)20-18(21(29)15-11-16(26)24(34-4)19(27)23(15)33-3)22(30)25(31)28(20)13-6-8-14(32-2)9-7-13/h5-11,20,29H,1-4H3/b21-18+. The van der Waals surface area contributed by atoms with Gasteiger partial charge in [0.25, 0.3) is 11.7 Å². The Labute approximate surface area is 211 Å². The molecule has 1 aromatic heterocycles. The van der Waals surface area contributed by atoms with Crippen molar-refractivity contribution in [2.45, 2.75) is 13.0 Å². The zero-order valence-electron chi connectivity index (χ0n) is 19.2. The molecule has 0 bridgehead atoms. The first-order valence-corrected chi connectivity index (χ1v) is 11.1. The molecule has 1 aliphatic heterocycles. The molecule has 4 rings (SSSR count). The van der Waals surface area contributed by atoms with E-state index in [-0.39, 0.29) is 38.4 Å². The second-order valence-corrected chi connectivity index (χ2v) is 8.39. The number of anilines is 1. The van der Waals surface area contributed by atoms with Crippen LogP contribution in [0.3, 0.4) is 0 Å². The Hall–Kier alpha value is -3.62. The molecule has 2 aromatic carbocycles. The van der Waals surface area contributed by atoms with E-state index >= 15 is 0 Å². The highest BCUT2D eigenvalue weighted by molar-refractivity contribution is 6.51. The summed E-state index contributed by atoms with van der Waals surface area (Å²) in [5.41, 5.74) is 0.212. The number of ether oxygens (including phenoxy) is 3. The Morgan fingerprint density at radius 3 is 2.17 bits per heavy atom. The van der Waals surface area contributed by atoms with E-state index in [1.165, 1.54) is 32.3 Å². The largest absolute Gasteiger partial charge is 0.507 e. The monoisotopic (exact) mass is 517 g/mol. The number of rotatable bonds is 6. The number of aliphatic hydroxyl groups excluding tert-OH is 1. The zero-order valence-corrected chi connectivity index (χ0v) is 20.7. The maximum absolute atomic E-state index is 13.3. The summed E-state index contributed by atoms with van der Waals surface area (Å²) in [7, 11) is 4.24. The molecule has 182 valence electrons. The maximum Gasteiger partial charge on any atom is 0.300 e. The van der Waals surface area contributed by atoms with Gasteiger partial charge >= 0.3 is 0 Å². The van der Waals surface area contributed by atoms with Gasteiger partial charge in [0.15, 0.2) is 11.5 Å². The smallest absolute Gasteiger partial charge is 0.300 e. The number of methoxy groups -OCH3 is 3. The van der Waals surface area contributed by atoms with E-state index in [9.17, 15) is 14.7 Å². The van der Waals surface area contributed by atoms with Gasteiger partial charge in [-0.15, -0.1) is 0 Å². The van der Waals surface area contributed by atoms with Crippen LogP contribution in [0.2, 0.25) is 10.0 Å². The van der Waals surface area contributed by atoms with Gasteiger partial charge in [0.2, 0.25) is 0 Å². The van der Waals surface area contributed by atoms with Crippen LogP contribution in [0.15, 0.2) is 52.5 Å². The number of amides is 1. The summed E-state index contributed by atoms with van der Waals surface area (Å²) in [6, 6.07) is 10.2. The Kier molecular flexibility index (Phi) is 6.69. The van der Waals surface area contributed by atoms with Gasteiger partial charge < -0.3 is 23.7 Å². The van der Waals surface area contributed by atoms with Crippen molar-refractivity contribution in [3.63, 3.8) is 0 Å². The van der Waals surface area contributed by atoms with Gasteiger partial charge in [-0.1, -0.05) is 23.2 Å². The molecule has 1 atom stereocenters. The number of benzene rings is 2. The number of hydrogen-bond donors (Lipinski definition) is 1. The topological polar surface area (TPSA) is 98.4 Å². The summed E-state index contributed by atoms with van der Waals surface area (Å²) in [4.78, 5) is 27.8. The van der Waals surface area contributed by atoms with Crippen LogP contribution in [-0.4, -0.2) is 38.1 Å². The number of carbonyl (C=O) groups is 2. The number of Topliss-reactive ketones (excluding diaryl/α,β-unsaturated/α-hetero) is 1. The molecule has 0 saturated carbocycles. The first kappa shape index (κ1) is 24.5. The lowest BCUT2D eigenvalue weighted by molar-refractivity contribution is -0.132. The number of aliphatic hydroxyl groups is 1. The normalized spacial score (nSPS) is 17.1. The molecule has 1 amide bonds. The van der Waals surface area contributed by atoms with E-state index in [4.69, 9.17) is 41.8 Å². The molecule has 2 heterocycles. The minimum Gasteiger partial charge on any atom is -0.507 e. The quantitative estimate of drug-likeness (QED) is 0.260.